The number of carbonyl (C=O) groups is 4. The lowest BCUT2D eigenvalue weighted by atomic mass is 9.85. The predicted octanol–water partition coefficient (Wildman–Crippen LogP) is 5.31. The molecule has 7 atom stereocenters. The number of carbonyl (C=O) groups excluding carboxylic acids is 3. The van der Waals surface area contributed by atoms with Crippen LogP contribution in [0.5, 0.6) is 11.6 Å². The Morgan fingerprint density at radius 1 is 1.12 bits per heavy atom. The highest BCUT2D eigenvalue weighted by Gasteiger charge is 2.64. The van der Waals surface area contributed by atoms with Gasteiger partial charge in [-0.1, -0.05) is 26.0 Å². The Hall–Kier alpha value is -4.68. The molecule has 0 radical (unpaired) electrons. The van der Waals surface area contributed by atoms with Gasteiger partial charge in [-0.2, -0.15) is 13.2 Å². The van der Waals surface area contributed by atoms with Gasteiger partial charge in [-0.05, 0) is 83.3 Å². The Bertz CT molecular complexity index is 2130. The molecule has 4 amide bonds. The highest BCUT2D eigenvalue weighted by molar-refractivity contribution is 7.91. The van der Waals surface area contributed by atoms with Gasteiger partial charge in [0.2, 0.25) is 27.7 Å². The van der Waals surface area contributed by atoms with Crippen LogP contribution in [0.15, 0.2) is 36.5 Å². The predicted molar refractivity (Wildman–Crippen MR) is 202 cm³/mol. The maximum Gasteiger partial charge on any atom is 0.411 e. The van der Waals surface area contributed by atoms with Crippen LogP contribution in [0.1, 0.15) is 79.6 Å². The Morgan fingerprint density at radius 2 is 1.81 bits per heavy atom. The number of sulfonamides is 1. The molecule has 4 aliphatic rings. The number of alkyl halides is 3. The lowest BCUT2D eigenvalue weighted by Crippen LogP contribution is -2.66. The molecular weight excluding hydrogens is 791 g/mol. The van der Waals surface area contributed by atoms with Crippen molar-refractivity contribution in [3.05, 3.63) is 42.4 Å². The van der Waals surface area contributed by atoms with Crippen molar-refractivity contribution in [3.63, 3.8) is 0 Å². The van der Waals surface area contributed by atoms with Crippen molar-refractivity contribution < 1.29 is 59.7 Å². The second-order valence-electron chi connectivity index (χ2n) is 16.9. The molecule has 0 unspecified atom stereocenters. The molecule has 1 aromatic heterocycles. The highest BCUT2D eigenvalue weighted by Crippen LogP contribution is 2.48. The van der Waals surface area contributed by atoms with Crippen molar-refractivity contribution in [3.8, 4) is 11.6 Å². The van der Waals surface area contributed by atoms with Crippen LogP contribution in [-0.4, -0.2) is 106 Å². The smallest absolute Gasteiger partial charge is 0.411 e. The van der Waals surface area contributed by atoms with Crippen molar-refractivity contribution in [2.45, 2.75) is 120 Å². The fourth-order valence-electron chi connectivity index (χ4n) is 8.20. The van der Waals surface area contributed by atoms with E-state index in [1.54, 1.807) is 18.2 Å². The summed E-state index contributed by atoms with van der Waals surface area (Å²) in [7, 11) is -2.80. The average Bonchev–Trinajstić information content (AvgIpc) is 4.01. The summed E-state index contributed by atoms with van der Waals surface area (Å²) in [6.07, 6.45) is -1.96. The van der Waals surface area contributed by atoms with E-state index in [0.29, 0.717) is 44.9 Å². The standard InChI is InChI=1S/C39H49F4N5O9S/c1-21-9-7-8-10-23-19-38(23,34(51)46-58(54,55)37(5)12-13-37)45-31(49)28-18-25(57-32-27-16-24(40)17-29(56-6)26(27)11-14-44-32)20-47(28)33(50)30(22(2)15-21)48(35(52)53)36(3,4)39(41,42)43/h8,10-11,14,16-17,21-23,25,28,30H,7,9,12-13,15,18-20H2,1-6H3,(H,45,49)(H,46,51)(H,52,53)/t21-,22+,23+,25+,28-,30-,38+/m0/s1. The molecule has 3 fully saturated rings. The van der Waals surface area contributed by atoms with Crippen LogP contribution >= 0.6 is 0 Å². The Balaban J connectivity index is 1.43. The van der Waals surface area contributed by atoms with E-state index in [-0.39, 0.29) is 47.1 Å². The third-order valence-corrected chi connectivity index (χ3v) is 14.4. The second-order valence-corrected chi connectivity index (χ2v) is 19.1. The molecular formula is C39H49F4N5O9S. The van der Waals surface area contributed by atoms with Gasteiger partial charge in [0, 0.05) is 30.0 Å². The van der Waals surface area contributed by atoms with Gasteiger partial charge in [-0.3, -0.25) is 24.0 Å². The van der Waals surface area contributed by atoms with E-state index in [1.165, 1.54) is 27.2 Å². The zero-order valence-corrected chi connectivity index (χ0v) is 33.9. The molecule has 2 aliphatic heterocycles. The van der Waals surface area contributed by atoms with Gasteiger partial charge in [-0.25, -0.2) is 22.6 Å². The number of rotatable bonds is 8. The molecule has 2 saturated carbocycles. The number of ether oxygens (including phenoxy) is 2. The van der Waals surface area contributed by atoms with Crippen LogP contribution in [-0.2, 0) is 24.4 Å². The number of allylic oxidation sites excluding steroid dienone is 1. The van der Waals surface area contributed by atoms with E-state index in [9.17, 15) is 50.3 Å². The van der Waals surface area contributed by atoms with E-state index < -0.39 is 98.2 Å². The summed E-state index contributed by atoms with van der Waals surface area (Å²) in [5, 5.41) is 13.7. The van der Waals surface area contributed by atoms with Crippen molar-refractivity contribution in [2.75, 3.05) is 13.7 Å². The maximum absolute atomic E-state index is 15.0. The van der Waals surface area contributed by atoms with E-state index >= 15 is 0 Å². The number of nitrogens with zero attached hydrogens (tertiary/aromatic N) is 3. The third-order valence-electron chi connectivity index (χ3n) is 12.3. The molecule has 1 saturated heterocycles. The van der Waals surface area contributed by atoms with Crippen molar-refractivity contribution >= 4 is 44.6 Å². The lowest BCUT2D eigenvalue weighted by molar-refractivity contribution is -0.222. The molecule has 0 spiro atoms. The molecule has 1 aromatic carbocycles. The fraction of sp³-hybridized carbons (Fsp3) is 0.615. The molecule has 318 valence electrons. The topological polar surface area (TPSA) is 185 Å². The van der Waals surface area contributed by atoms with Crippen LogP contribution in [0.4, 0.5) is 22.4 Å². The molecule has 19 heteroatoms. The first-order valence-electron chi connectivity index (χ1n) is 19.2. The number of hydrogen-bond acceptors (Lipinski definition) is 9. The van der Waals surface area contributed by atoms with Crippen LogP contribution in [0.25, 0.3) is 10.8 Å². The lowest BCUT2D eigenvalue weighted by Gasteiger charge is -2.45. The van der Waals surface area contributed by atoms with E-state index in [2.05, 4.69) is 15.0 Å². The largest absolute Gasteiger partial charge is 0.496 e. The van der Waals surface area contributed by atoms with Gasteiger partial charge < -0.3 is 24.8 Å². The van der Waals surface area contributed by atoms with Gasteiger partial charge in [0.25, 0.3) is 5.91 Å². The zero-order chi connectivity index (χ0) is 42.7. The Labute approximate surface area is 333 Å². The number of carboxylic acid groups (broad SMARTS) is 1. The monoisotopic (exact) mass is 839 g/mol. The molecule has 2 aliphatic carbocycles. The first-order chi connectivity index (χ1) is 27.0. The van der Waals surface area contributed by atoms with Gasteiger partial charge in [0.1, 0.15) is 40.8 Å². The summed E-state index contributed by atoms with van der Waals surface area (Å²) in [6, 6.07) is 0.363. The van der Waals surface area contributed by atoms with Gasteiger partial charge in [-0.15, -0.1) is 0 Å². The van der Waals surface area contributed by atoms with Crippen LogP contribution in [0.2, 0.25) is 0 Å². The SMILES string of the molecule is COc1cc(F)cc2c(O[C@@H]3C[C@H]4C(=O)N[C@]5(C(=O)NS(=O)(=O)C6(C)CC6)C[C@H]5C=CCC[C@H](C)C[C@@H](C)[C@H](N(C(=O)O)C(C)(C)C(F)(F)F)C(=O)N4C3)nccc12. The maximum atomic E-state index is 15.0. The molecule has 14 nitrogen and oxygen atoms in total. The first kappa shape index (κ1) is 42.9. The second kappa shape index (κ2) is 15.2. The number of pyridine rings is 1. The van der Waals surface area contributed by atoms with Crippen molar-refractivity contribution in [1.82, 2.24) is 24.8 Å². The number of halogens is 4. The number of methoxy groups -OCH3 is 1. The van der Waals surface area contributed by atoms with Crippen LogP contribution in [0.3, 0.4) is 0 Å². The summed E-state index contributed by atoms with van der Waals surface area (Å²) < 4.78 is 97.6. The third kappa shape index (κ3) is 7.89. The van der Waals surface area contributed by atoms with E-state index in [4.69, 9.17) is 9.47 Å². The number of benzene rings is 1. The summed E-state index contributed by atoms with van der Waals surface area (Å²) in [6.45, 7) is 5.69. The number of hydrogen-bond donors (Lipinski definition) is 3. The van der Waals surface area contributed by atoms with Crippen molar-refractivity contribution in [2.24, 2.45) is 17.8 Å². The summed E-state index contributed by atoms with van der Waals surface area (Å²) in [4.78, 5) is 61.6. The average molecular weight is 840 g/mol. The van der Waals surface area contributed by atoms with Gasteiger partial charge >= 0.3 is 12.3 Å². The van der Waals surface area contributed by atoms with E-state index in [1.807, 2.05) is 6.92 Å². The summed E-state index contributed by atoms with van der Waals surface area (Å²) in [5.74, 6) is -5.50. The Morgan fingerprint density at radius 3 is 2.43 bits per heavy atom. The number of aromatic nitrogens is 1. The molecule has 2 aromatic rings. The number of nitrogens with one attached hydrogen (secondary N) is 2. The Kier molecular flexibility index (Phi) is 11.2. The molecule has 0 bridgehead atoms. The van der Waals surface area contributed by atoms with Crippen LogP contribution < -0.4 is 19.5 Å². The fourth-order valence-corrected chi connectivity index (χ4v) is 9.51. The molecule has 3 heterocycles. The van der Waals surface area contributed by atoms with Gasteiger partial charge in [0.15, 0.2) is 0 Å². The van der Waals surface area contributed by atoms with E-state index in [0.717, 1.165) is 17.0 Å². The molecule has 58 heavy (non-hydrogen) atoms. The molecule has 3 N–H and O–H groups in total. The quantitative estimate of drug-likeness (QED) is 0.233. The minimum Gasteiger partial charge on any atom is -0.496 e. The molecule has 6 rings (SSSR count). The summed E-state index contributed by atoms with van der Waals surface area (Å²) >= 11 is 0. The minimum absolute atomic E-state index is 0.0169. The van der Waals surface area contributed by atoms with Gasteiger partial charge in [0.05, 0.1) is 23.8 Å². The first-order valence-corrected chi connectivity index (χ1v) is 20.7. The zero-order valence-electron chi connectivity index (χ0n) is 33.1. The van der Waals surface area contributed by atoms with Crippen LogP contribution in [0, 0.1) is 23.6 Å². The summed E-state index contributed by atoms with van der Waals surface area (Å²) in [5.41, 5.74) is -4.83. The number of amides is 4. The highest BCUT2D eigenvalue weighted by atomic mass is 32.2. The minimum atomic E-state index is -5.12. The number of fused-ring (bicyclic) bond motifs is 3. The van der Waals surface area contributed by atoms with Crippen molar-refractivity contribution in [1.29, 1.82) is 0 Å². The normalized spacial score (nSPS) is 29.0.